The van der Waals surface area contributed by atoms with Crippen molar-refractivity contribution in [2.75, 3.05) is 135 Å². The Hall–Kier alpha value is -12.3. The predicted molar refractivity (Wildman–Crippen MR) is 461 cm³/mol. The summed E-state index contributed by atoms with van der Waals surface area (Å²) in [7, 11) is 4.95. The van der Waals surface area contributed by atoms with Crippen molar-refractivity contribution >= 4 is 68.8 Å². The van der Waals surface area contributed by atoms with Gasteiger partial charge >= 0.3 is 12.2 Å². The van der Waals surface area contributed by atoms with Crippen LogP contribution in [0.15, 0.2) is 218 Å². The number of nitrogens with one attached hydrogen (secondary N) is 1. The maximum Gasteiger partial charge on any atom is 0.410 e. The molecule has 3 atom stereocenters. The topological polar surface area (TPSA) is 280 Å². The first kappa shape index (κ1) is 89.5. The number of para-hydroxylation sites is 5. The van der Waals surface area contributed by atoms with E-state index in [1.54, 1.807) is 103 Å². The van der Waals surface area contributed by atoms with Gasteiger partial charge in [0.05, 0.1) is 123 Å². The van der Waals surface area contributed by atoms with Crippen LogP contribution in [0.4, 0.5) is 26.7 Å². The Morgan fingerprint density at radius 2 is 0.752 bits per heavy atom. The summed E-state index contributed by atoms with van der Waals surface area (Å²) in [5.74, 6) is 5.01. The summed E-state index contributed by atoms with van der Waals surface area (Å²) in [5.41, 5.74) is 5.49. The molecule has 0 unspecified atom stereocenters. The van der Waals surface area contributed by atoms with Gasteiger partial charge in [-0.3, -0.25) is 24.2 Å². The molecule has 640 valence electrons. The number of aromatic nitrogens is 2. The van der Waals surface area contributed by atoms with Gasteiger partial charge in [-0.1, -0.05) is 91.0 Å². The van der Waals surface area contributed by atoms with Gasteiger partial charge in [0, 0.05) is 95.6 Å². The molecular formula is C94H110N8O19. The lowest BCUT2D eigenvalue weighted by Crippen LogP contribution is -2.60. The highest BCUT2D eigenvalue weighted by atomic mass is 16.6. The van der Waals surface area contributed by atoms with Crippen LogP contribution in [0.2, 0.25) is 0 Å². The zero-order valence-corrected chi connectivity index (χ0v) is 70.3. The van der Waals surface area contributed by atoms with E-state index in [0.29, 0.717) is 120 Å². The minimum absolute atomic E-state index is 0.00202. The number of pyridine rings is 2. The molecule has 121 heavy (non-hydrogen) atoms. The van der Waals surface area contributed by atoms with E-state index in [4.69, 9.17) is 61.6 Å². The largest absolute Gasteiger partial charge is 0.496 e. The fourth-order valence-corrected chi connectivity index (χ4v) is 13.6. The van der Waals surface area contributed by atoms with Crippen molar-refractivity contribution in [3.05, 3.63) is 235 Å². The maximum atomic E-state index is 13.5. The number of aliphatic hydroxyl groups is 1. The highest BCUT2D eigenvalue weighted by Crippen LogP contribution is 2.32. The Morgan fingerprint density at radius 3 is 1.13 bits per heavy atom. The standard InChI is InChI=1S/C36H41N3O7.C31H33N3O5.C27H36N2O7/c1-36(2,3)46-35(41)38-22-29(25-45-33-19-14-26-10-5-7-12-31(26)37-33)39(34(40)23-38)28-15-17-30(18-16-28)44-21-9-20-43-24-27-11-6-8-13-32(27)42-4;1-36-29-10-5-3-8-24(29)21-37-17-6-18-38-27-14-12-25(13-15-27)34-26(19-32-20-31(34)35)22-39-30-16-11-23-7-2-4-9-28(23)33-30;1-27(2,3)36-26(32)28-16-22(18-30)29(25(31)17-28)21-10-12-23(13-11-21)35-15-7-14-34-19-20-8-5-6-9-24(20)33-4/h5-8,10-19,29H,9,20-25H2,1-4H3;2-5,7-16,26,32H,6,17-22H2,1H3;5-6,8-13,22,30H,7,14-19H2,1-4H3/t29-;26-;22-/m111/s1. The van der Waals surface area contributed by atoms with Crippen LogP contribution in [0.25, 0.3) is 21.8 Å². The molecule has 2 aromatic heterocycles. The van der Waals surface area contributed by atoms with Crippen molar-refractivity contribution in [3.63, 3.8) is 0 Å². The molecule has 2 N–H and O–H groups in total. The number of aliphatic hydroxyl groups excluding tert-OH is 1. The number of carbonyl (C=O) groups is 5. The Balaban J connectivity index is 0.000000179. The van der Waals surface area contributed by atoms with E-state index in [-0.39, 0.29) is 69.7 Å². The lowest BCUT2D eigenvalue weighted by atomic mass is 10.1. The quantitative estimate of drug-likeness (QED) is 0.0354. The van der Waals surface area contributed by atoms with Gasteiger partial charge in [-0.15, -0.1) is 0 Å². The SMILES string of the molecule is COc1ccccc1COCCCOc1ccc(N2C(=O)CN(C(=O)OC(C)(C)C)C[C@@H]2CO)cc1.COc1ccccc1COCCCOc1ccc(N2C(=O)CN(C(=O)OC(C)(C)C)C[C@@H]2COc2ccc3ccccc3n2)cc1.COc1ccccc1COCCCOc1ccc(N2C(=O)CNC[C@@H]2COc2ccc3ccccc3n2)cc1. The third kappa shape index (κ3) is 26.9. The molecule has 0 bridgehead atoms. The Kier molecular flexibility index (Phi) is 33.1. The lowest BCUT2D eigenvalue weighted by Gasteiger charge is -2.41. The van der Waals surface area contributed by atoms with Crippen molar-refractivity contribution in [1.82, 2.24) is 25.1 Å². The van der Waals surface area contributed by atoms with Gasteiger partial charge in [0.25, 0.3) is 0 Å². The number of amides is 5. The number of methoxy groups -OCH3 is 3. The van der Waals surface area contributed by atoms with Crippen LogP contribution in [0.5, 0.6) is 46.3 Å². The summed E-state index contributed by atoms with van der Waals surface area (Å²) >= 11 is 0. The molecule has 5 amide bonds. The molecule has 0 radical (unpaired) electrons. The number of piperazine rings is 3. The summed E-state index contributed by atoms with van der Waals surface area (Å²) in [6, 6.07) is 67.5. The molecule has 13 rings (SSSR count). The summed E-state index contributed by atoms with van der Waals surface area (Å²) in [4.78, 5) is 81.5. The van der Waals surface area contributed by atoms with Crippen LogP contribution < -0.4 is 57.9 Å². The van der Waals surface area contributed by atoms with Crippen molar-refractivity contribution < 1.29 is 90.7 Å². The summed E-state index contributed by atoms with van der Waals surface area (Å²) in [6.07, 6.45) is 1.09. The first-order valence-electron chi connectivity index (χ1n) is 40.6. The predicted octanol–water partition coefficient (Wildman–Crippen LogP) is 14.5. The smallest absolute Gasteiger partial charge is 0.410 e. The van der Waals surface area contributed by atoms with Gasteiger partial charge in [-0.2, -0.15) is 0 Å². The third-order valence-corrected chi connectivity index (χ3v) is 19.4. The molecule has 3 aliphatic rings. The van der Waals surface area contributed by atoms with Crippen LogP contribution in [0, 0.1) is 0 Å². The first-order chi connectivity index (χ1) is 58.6. The number of carbonyl (C=O) groups excluding carboxylic acids is 5. The van der Waals surface area contributed by atoms with Crippen molar-refractivity contribution in [1.29, 1.82) is 0 Å². The number of hydrogen-bond donors (Lipinski definition) is 2. The summed E-state index contributed by atoms with van der Waals surface area (Å²) in [5, 5.41) is 15.1. The highest BCUT2D eigenvalue weighted by Gasteiger charge is 2.40. The average Bonchev–Trinajstić information content (AvgIpc) is 0.797. The van der Waals surface area contributed by atoms with Crippen molar-refractivity contribution in [2.24, 2.45) is 0 Å². The van der Waals surface area contributed by atoms with Gasteiger partial charge < -0.3 is 86.7 Å². The monoisotopic (exact) mass is 1650 g/mol. The van der Waals surface area contributed by atoms with E-state index in [1.165, 1.54) is 14.7 Å². The molecule has 8 aromatic carbocycles. The lowest BCUT2D eigenvalue weighted by molar-refractivity contribution is -0.123. The Labute approximate surface area is 707 Å². The molecule has 27 heteroatoms. The molecule has 3 aliphatic heterocycles. The second kappa shape index (κ2) is 44.7. The van der Waals surface area contributed by atoms with E-state index < -0.39 is 35.5 Å². The highest BCUT2D eigenvalue weighted by molar-refractivity contribution is 5.99. The number of ether oxygens (including phenoxy) is 13. The van der Waals surface area contributed by atoms with E-state index in [9.17, 15) is 29.1 Å². The van der Waals surface area contributed by atoms with E-state index in [2.05, 4.69) is 15.3 Å². The number of anilines is 3. The van der Waals surface area contributed by atoms with E-state index >= 15 is 0 Å². The third-order valence-electron chi connectivity index (χ3n) is 19.4. The number of benzene rings is 8. The fourth-order valence-electron chi connectivity index (χ4n) is 13.6. The normalized spacial score (nSPS) is 15.5. The zero-order chi connectivity index (χ0) is 85.5. The number of hydrogen-bond acceptors (Lipinski definition) is 22. The fraction of sp³-hybridized carbons (Fsp3) is 0.372. The number of fused-ring (bicyclic) bond motifs is 2. The van der Waals surface area contributed by atoms with Gasteiger partial charge in [-0.25, -0.2) is 19.6 Å². The molecule has 0 saturated carbocycles. The minimum Gasteiger partial charge on any atom is -0.496 e. The molecule has 0 aliphatic carbocycles. The maximum absolute atomic E-state index is 13.5. The molecule has 3 fully saturated rings. The van der Waals surface area contributed by atoms with Crippen molar-refractivity contribution in [3.8, 4) is 46.3 Å². The zero-order valence-electron chi connectivity index (χ0n) is 70.3. The van der Waals surface area contributed by atoms with Gasteiger partial charge in [0.1, 0.15) is 72.0 Å². The van der Waals surface area contributed by atoms with E-state index in [0.717, 1.165) is 73.6 Å². The molecule has 27 nitrogen and oxygen atoms in total. The molecule has 3 saturated heterocycles. The number of nitrogens with zero attached hydrogens (tertiary/aromatic N) is 7. The number of rotatable bonds is 34. The van der Waals surface area contributed by atoms with Crippen LogP contribution >= 0.6 is 0 Å². The van der Waals surface area contributed by atoms with E-state index in [1.807, 2.05) is 188 Å². The molecule has 5 heterocycles. The molecule has 10 aromatic rings. The first-order valence-corrected chi connectivity index (χ1v) is 40.6. The van der Waals surface area contributed by atoms with Gasteiger partial charge in [0.15, 0.2) is 0 Å². The Morgan fingerprint density at radius 1 is 0.405 bits per heavy atom. The second-order valence-electron chi connectivity index (χ2n) is 30.8. The van der Waals surface area contributed by atoms with Crippen LogP contribution in [-0.4, -0.2) is 204 Å². The van der Waals surface area contributed by atoms with Gasteiger partial charge in [-0.05, 0) is 157 Å². The van der Waals surface area contributed by atoms with Crippen molar-refractivity contribution in [2.45, 2.75) is 110 Å². The van der Waals surface area contributed by atoms with Crippen LogP contribution in [-0.2, 0) is 57.9 Å². The minimum atomic E-state index is -0.685. The van der Waals surface area contributed by atoms with Crippen LogP contribution in [0.1, 0.15) is 77.5 Å². The summed E-state index contributed by atoms with van der Waals surface area (Å²) < 4.78 is 74.0. The second-order valence-corrected chi connectivity index (χ2v) is 30.8. The molecular weight excluding hydrogens is 1550 g/mol. The Bertz CT molecular complexity index is 4970. The van der Waals surface area contributed by atoms with Crippen LogP contribution in [0.3, 0.4) is 0 Å². The summed E-state index contributed by atoms with van der Waals surface area (Å²) in [6.45, 7) is 16.6. The van der Waals surface area contributed by atoms with Gasteiger partial charge in [0.2, 0.25) is 29.5 Å². The molecule has 0 spiro atoms. The average molecular weight is 1660 g/mol.